The maximum atomic E-state index is 14.0. The van der Waals surface area contributed by atoms with Gasteiger partial charge in [-0.2, -0.15) is 0 Å². The van der Waals surface area contributed by atoms with E-state index in [1.54, 1.807) is 12.1 Å². The van der Waals surface area contributed by atoms with E-state index in [2.05, 4.69) is 0 Å². The number of allylic oxidation sites excluding steroid dienone is 2. The second-order valence-electron chi connectivity index (χ2n) is 4.78. The summed E-state index contributed by atoms with van der Waals surface area (Å²) in [5.41, 5.74) is 3.33. The Morgan fingerprint density at radius 2 is 1.82 bits per heavy atom. The first kappa shape index (κ1) is 12.0. The third kappa shape index (κ3) is 2.63. The molecule has 1 aliphatic carbocycles. The number of hydrogen-bond acceptors (Lipinski definition) is 1. The number of carbonyl (C=O) groups excluding carboxylic acids is 1. The van der Waals surface area contributed by atoms with Crippen molar-refractivity contribution in [3.8, 4) is 0 Å². The maximum Gasteiger partial charge on any atom is 0.155 e. The first-order valence-corrected chi connectivity index (χ1v) is 6.08. The van der Waals surface area contributed by atoms with E-state index in [1.807, 2.05) is 19.9 Å². The Kier molecular flexibility index (Phi) is 3.41. The summed E-state index contributed by atoms with van der Waals surface area (Å²) < 4.78 is 14.0. The minimum atomic E-state index is -0.205. The number of hydrogen-bond donors (Lipinski definition) is 0. The second-order valence-corrected chi connectivity index (χ2v) is 4.78. The van der Waals surface area contributed by atoms with Crippen LogP contribution in [0.2, 0.25) is 0 Å². The predicted octanol–water partition coefficient (Wildman–Crippen LogP) is 3.97. The van der Waals surface area contributed by atoms with E-state index in [1.165, 1.54) is 0 Å². The molecule has 1 nitrogen and oxygen atoms in total. The van der Waals surface area contributed by atoms with Gasteiger partial charge < -0.3 is 0 Å². The summed E-state index contributed by atoms with van der Waals surface area (Å²) >= 11 is 0. The number of carbonyl (C=O) groups is 1. The summed E-state index contributed by atoms with van der Waals surface area (Å²) in [6, 6.07) is 3.51. The number of rotatable bonds is 1. The summed E-state index contributed by atoms with van der Waals surface area (Å²) in [6.07, 6.45) is 4.89. The fourth-order valence-corrected chi connectivity index (χ4v) is 2.47. The highest BCUT2D eigenvalue weighted by atomic mass is 19.1. The lowest BCUT2D eigenvalue weighted by Gasteiger charge is -2.11. The fourth-order valence-electron chi connectivity index (χ4n) is 2.47. The molecule has 0 fully saturated rings. The largest absolute Gasteiger partial charge is 0.295 e. The van der Waals surface area contributed by atoms with Gasteiger partial charge in [0.25, 0.3) is 0 Å². The molecule has 1 aromatic carbocycles. The van der Waals surface area contributed by atoms with Crippen LogP contribution in [0.3, 0.4) is 0 Å². The molecule has 0 saturated heterocycles. The van der Waals surface area contributed by atoms with Crippen LogP contribution in [0.5, 0.6) is 0 Å². The zero-order valence-corrected chi connectivity index (χ0v) is 10.3. The average molecular weight is 232 g/mol. The number of halogens is 1. The molecule has 0 amide bonds. The molecule has 17 heavy (non-hydrogen) atoms. The smallest absolute Gasteiger partial charge is 0.155 e. The van der Waals surface area contributed by atoms with Crippen molar-refractivity contribution in [2.45, 2.75) is 39.5 Å². The summed E-state index contributed by atoms with van der Waals surface area (Å²) in [7, 11) is 0. The maximum absolute atomic E-state index is 14.0. The van der Waals surface area contributed by atoms with Crippen LogP contribution in [-0.4, -0.2) is 5.78 Å². The van der Waals surface area contributed by atoms with Crippen LogP contribution in [0.1, 0.15) is 42.4 Å². The molecular formula is C15H17FO. The van der Waals surface area contributed by atoms with Crippen LogP contribution >= 0.6 is 0 Å². The van der Waals surface area contributed by atoms with Crippen molar-refractivity contribution < 1.29 is 9.18 Å². The van der Waals surface area contributed by atoms with Gasteiger partial charge >= 0.3 is 0 Å². The van der Waals surface area contributed by atoms with Crippen molar-refractivity contribution >= 4 is 11.4 Å². The lowest BCUT2D eigenvalue weighted by Crippen LogP contribution is -1.97. The molecule has 0 aromatic heterocycles. The topological polar surface area (TPSA) is 17.1 Å². The van der Waals surface area contributed by atoms with Gasteiger partial charge in [0.2, 0.25) is 0 Å². The Hall–Kier alpha value is -1.44. The standard InChI is InChI=1S/C15H17FO/c1-10-7-11(2)15(14(16)8-10)12-5-3-4-6-13(17)9-12/h7-9H,3-6H2,1-2H3. The van der Waals surface area contributed by atoms with Crippen molar-refractivity contribution in [3.05, 3.63) is 40.7 Å². The molecule has 0 bridgehead atoms. The van der Waals surface area contributed by atoms with Crippen molar-refractivity contribution in [2.75, 3.05) is 0 Å². The first-order valence-electron chi connectivity index (χ1n) is 6.08. The lowest BCUT2D eigenvalue weighted by atomic mass is 9.95. The van der Waals surface area contributed by atoms with Crippen LogP contribution in [0.4, 0.5) is 4.39 Å². The van der Waals surface area contributed by atoms with Crippen LogP contribution in [0.25, 0.3) is 5.57 Å². The van der Waals surface area contributed by atoms with Gasteiger partial charge in [-0.15, -0.1) is 0 Å². The first-order chi connectivity index (χ1) is 8.08. The highest BCUT2D eigenvalue weighted by Crippen LogP contribution is 2.29. The van der Waals surface area contributed by atoms with Gasteiger partial charge in [-0.1, -0.05) is 6.07 Å². The van der Waals surface area contributed by atoms with Crippen LogP contribution in [0, 0.1) is 19.7 Å². The highest BCUT2D eigenvalue weighted by molar-refractivity contribution is 5.97. The van der Waals surface area contributed by atoms with Crippen LogP contribution in [-0.2, 0) is 4.79 Å². The molecule has 0 saturated carbocycles. The van der Waals surface area contributed by atoms with Crippen LogP contribution < -0.4 is 0 Å². The molecule has 2 rings (SSSR count). The van der Waals surface area contributed by atoms with Crippen molar-refractivity contribution in [1.29, 1.82) is 0 Å². The molecule has 0 unspecified atom stereocenters. The highest BCUT2D eigenvalue weighted by Gasteiger charge is 2.15. The van der Waals surface area contributed by atoms with Crippen LogP contribution in [0.15, 0.2) is 18.2 Å². The van der Waals surface area contributed by atoms with E-state index in [0.29, 0.717) is 12.0 Å². The fraction of sp³-hybridized carbons (Fsp3) is 0.400. The molecule has 2 heteroatoms. The summed E-state index contributed by atoms with van der Waals surface area (Å²) in [5, 5.41) is 0. The van der Waals surface area contributed by atoms with Gasteiger partial charge in [-0.3, -0.25) is 4.79 Å². The zero-order chi connectivity index (χ0) is 12.4. The van der Waals surface area contributed by atoms with Gasteiger partial charge in [0, 0.05) is 12.0 Å². The normalized spacial score (nSPS) is 16.6. The molecule has 90 valence electrons. The third-order valence-corrected chi connectivity index (χ3v) is 3.21. The third-order valence-electron chi connectivity index (χ3n) is 3.21. The predicted molar refractivity (Wildman–Crippen MR) is 67.3 cm³/mol. The molecule has 1 aliphatic rings. The van der Waals surface area contributed by atoms with Gasteiger partial charge in [0.15, 0.2) is 5.78 Å². The Morgan fingerprint density at radius 1 is 1.12 bits per heavy atom. The quantitative estimate of drug-likeness (QED) is 0.716. The summed E-state index contributed by atoms with van der Waals surface area (Å²) in [4.78, 5) is 11.6. The summed E-state index contributed by atoms with van der Waals surface area (Å²) in [6.45, 7) is 3.79. The molecule has 0 radical (unpaired) electrons. The Balaban J connectivity index is 2.49. The molecule has 0 spiro atoms. The Morgan fingerprint density at radius 3 is 2.53 bits per heavy atom. The summed E-state index contributed by atoms with van der Waals surface area (Å²) in [5.74, 6) is -0.0830. The minimum absolute atomic E-state index is 0.122. The number of ketones is 1. The van der Waals surface area contributed by atoms with Gasteiger partial charge in [0.1, 0.15) is 5.82 Å². The molecular weight excluding hydrogens is 215 g/mol. The molecule has 1 aromatic rings. The van der Waals surface area contributed by atoms with E-state index in [9.17, 15) is 9.18 Å². The lowest BCUT2D eigenvalue weighted by molar-refractivity contribution is -0.114. The SMILES string of the molecule is Cc1cc(C)c(C2=CC(=O)CCCC2)c(F)c1. The van der Waals surface area contributed by atoms with Gasteiger partial charge in [-0.05, 0) is 62.0 Å². The molecule has 0 N–H and O–H groups in total. The molecule has 0 atom stereocenters. The average Bonchev–Trinajstić information content (AvgIpc) is 2.41. The Labute approximate surface area is 101 Å². The van der Waals surface area contributed by atoms with Gasteiger partial charge in [0.05, 0.1) is 0 Å². The minimum Gasteiger partial charge on any atom is -0.295 e. The second kappa shape index (κ2) is 4.82. The molecule has 0 aliphatic heterocycles. The van der Waals surface area contributed by atoms with E-state index >= 15 is 0 Å². The van der Waals surface area contributed by atoms with E-state index < -0.39 is 0 Å². The van der Waals surface area contributed by atoms with E-state index in [-0.39, 0.29) is 11.6 Å². The monoisotopic (exact) mass is 232 g/mol. The molecule has 0 heterocycles. The van der Waals surface area contributed by atoms with E-state index in [0.717, 1.165) is 36.0 Å². The Bertz CT molecular complexity index is 463. The number of aryl methyl sites for hydroxylation is 2. The number of benzene rings is 1. The van der Waals surface area contributed by atoms with E-state index in [4.69, 9.17) is 0 Å². The zero-order valence-electron chi connectivity index (χ0n) is 10.3. The van der Waals surface area contributed by atoms with Gasteiger partial charge in [-0.25, -0.2) is 4.39 Å². The van der Waals surface area contributed by atoms with Crippen molar-refractivity contribution in [1.82, 2.24) is 0 Å². The van der Waals surface area contributed by atoms with Crippen molar-refractivity contribution in [3.63, 3.8) is 0 Å². The van der Waals surface area contributed by atoms with Crippen molar-refractivity contribution in [2.24, 2.45) is 0 Å².